The van der Waals surface area contributed by atoms with E-state index in [2.05, 4.69) is 72.8 Å². The van der Waals surface area contributed by atoms with E-state index in [-0.39, 0.29) is 6.42 Å². The summed E-state index contributed by atoms with van der Waals surface area (Å²) in [6, 6.07) is 31.3. The summed E-state index contributed by atoms with van der Waals surface area (Å²) in [6.07, 6.45) is 4.61. The van der Waals surface area contributed by atoms with E-state index >= 15 is 0 Å². The van der Waals surface area contributed by atoms with Gasteiger partial charge in [0.15, 0.2) is 0 Å². The molecule has 0 unspecified atom stereocenters. The van der Waals surface area contributed by atoms with E-state index in [0.29, 0.717) is 26.2 Å². The second kappa shape index (κ2) is 13.6. The largest absolute Gasteiger partial charge is 0.481 e. The molecular weight excluding hydrogens is 412 g/mol. The Morgan fingerprint density at radius 2 is 1.03 bits per heavy atom. The van der Waals surface area contributed by atoms with E-state index < -0.39 is 11.6 Å². The smallest absolute Gasteiger partial charge is 0.303 e. The molecule has 3 aromatic carbocycles. The highest BCUT2D eigenvalue weighted by Gasteiger charge is 2.37. The average Bonchev–Trinajstić information content (AvgIpc) is 2.86. The minimum Gasteiger partial charge on any atom is -0.481 e. The maximum Gasteiger partial charge on any atom is 0.303 e. The van der Waals surface area contributed by atoms with Gasteiger partial charge in [0.25, 0.3) is 0 Å². The van der Waals surface area contributed by atoms with Crippen molar-refractivity contribution in [1.82, 2.24) is 0 Å². The third-order valence-electron chi connectivity index (χ3n) is 5.72. The van der Waals surface area contributed by atoms with Gasteiger partial charge < -0.3 is 14.6 Å². The molecule has 0 aromatic heterocycles. The van der Waals surface area contributed by atoms with Crippen molar-refractivity contribution in [3.05, 3.63) is 108 Å². The maximum absolute atomic E-state index is 10.5. The molecule has 3 aromatic rings. The molecule has 0 radical (unpaired) electrons. The lowest BCUT2D eigenvalue weighted by Crippen LogP contribution is -2.33. The molecule has 0 bridgehead atoms. The standard InChI is InChI=1S/C29H34O4/c30-28(31)21-11-14-23-32-22-12-4-13-24-33-29(25-15-5-1-6-16-25,26-17-7-2-8-18-26)27-19-9-3-10-20-27/h1-3,5-10,15-20H,4,11-14,21-24H2,(H,30,31). The number of carboxylic acid groups (broad SMARTS) is 1. The van der Waals surface area contributed by atoms with Gasteiger partial charge in [-0.1, -0.05) is 91.0 Å². The van der Waals surface area contributed by atoms with Crippen molar-refractivity contribution < 1.29 is 19.4 Å². The number of hydrogen-bond acceptors (Lipinski definition) is 3. The summed E-state index contributed by atoms with van der Waals surface area (Å²) in [5.41, 5.74) is 2.69. The summed E-state index contributed by atoms with van der Waals surface area (Å²) in [7, 11) is 0. The monoisotopic (exact) mass is 446 g/mol. The van der Waals surface area contributed by atoms with Crippen molar-refractivity contribution in [3.63, 3.8) is 0 Å². The Morgan fingerprint density at radius 1 is 0.606 bits per heavy atom. The predicted octanol–water partition coefficient (Wildman–Crippen LogP) is 6.44. The van der Waals surface area contributed by atoms with Crippen LogP contribution >= 0.6 is 0 Å². The normalized spacial score (nSPS) is 11.4. The Balaban J connectivity index is 1.60. The van der Waals surface area contributed by atoms with Crippen LogP contribution in [-0.4, -0.2) is 30.9 Å². The lowest BCUT2D eigenvalue weighted by atomic mass is 9.80. The summed E-state index contributed by atoms with van der Waals surface area (Å²) in [5, 5.41) is 8.66. The maximum atomic E-state index is 10.5. The van der Waals surface area contributed by atoms with Crippen molar-refractivity contribution in [2.45, 2.75) is 44.1 Å². The average molecular weight is 447 g/mol. The molecule has 0 aliphatic heterocycles. The number of unbranched alkanes of at least 4 members (excludes halogenated alkanes) is 3. The van der Waals surface area contributed by atoms with Crippen LogP contribution in [0.1, 0.15) is 55.2 Å². The molecule has 0 atom stereocenters. The van der Waals surface area contributed by atoms with Gasteiger partial charge in [0.2, 0.25) is 0 Å². The van der Waals surface area contributed by atoms with Crippen LogP contribution in [0, 0.1) is 0 Å². The number of carboxylic acids is 1. The van der Waals surface area contributed by atoms with Crippen molar-refractivity contribution in [3.8, 4) is 0 Å². The molecule has 0 aliphatic rings. The van der Waals surface area contributed by atoms with E-state index in [1.807, 2.05) is 18.2 Å². The van der Waals surface area contributed by atoms with Gasteiger partial charge in [-0.3, -0.25) is 4.79 Å². The van der Waals surface area contributed by atoms with Crippen LogP contribution in [-0.2, 0) is 19.9 Å². The highest BCUT2D eigenvalue weighted by molar-refractivity contribution is 5.66. The summed E-state index contributed by atoms with van der Waals surface area (Å²) in [6.45, 7) is 1.97. The fourth-order valence-corrected chi connectivity index (χ4v) is 4.06. The Morgan fingerprint density at radius 3 is 1.48 bits per heavy atom. The zero-order valence-electron chi connectivity index (χ0n) is 19.2. The van der Waals surface area contributed by atoms with Gasteiger partial charge in [0.05, 0.1) is 0 Å². The van der Waals surface area contributed by atoms with Crippen LogP contribution in [0.3, 0.4) is 0 Å². The molecule has 174 valence electrons. The number of carbonyl (C=O) groups is 1. The molecule has 0 spiro atoms. The van der Waals surface area contributed by atoms with Gasteiger partial charge in [0.1, 0.15) is 5.60 Å². The SMILES string of the molecule is O=C(O)CCCCOCCCCCOC(c1ccccc1)(c1ccccc1)c1ccccc1. The van der Waals surface area contributed by atoms with Gasteiger partial charge in [-0.05, 0) is 48.8 Å². The molecule has 1 N–H and O–H groups in total. The fraction of sp³-hybridized carbons (Fsp3) is 0.345. The van der Waals surface area contributed by atoms with Gasteiger partial charge >= 0.3 is 5.97 Å². The van der Waals surface area contributed by atoms with Crippen LogP contribution in [0.4, 0.5) is 0 Å². The summed E-state index contributed by atoms with van der Waals surface area (Å²) >= 11 is 0. The first-order valence-corrected chi connectivity index (χ1v) is 11.8. The minimum atomic E-state index is -0.743. The molecule has 0 fully saturated rings. The number of rotatable bonds is 15. The van der Waals surface area contributed by atoms with Crippen molar-refractivity contribution in [1.29, 1.82) is 0 Å². The van der Waals surface area contributed by atoms with Gasteiger partial charge in [-0.15, -0.1) is 0 Å². The Bertz CT molecular complexity index is 829. The molecule has 0 amide bonds. The number of ether oxygens (including phenoxy) is 2. The summed E-state index contributed by atoms with van der Waals surface area (Å²) < 4.78 is 12.4. The van der Waals surface area contributed by atoms with Crippen LogP contribution in [0.5, 0.6) is 0 Å². The second-order valence-corrected chi connectivity index (χ2v) is 8.15. The van der Waals surface area contributed by atoms with Gasteiger partial charge in [0, 0.05) is 26.2 Å². The van der Waals surface area contributed by atoms with Crippen LogP contribution < -0.4 is 0 Å². The van der Waals surface area contributed by atoms with Crippen LogP contribution in [0.2, 0.25) is 0 Å². The van der Waals surface area contributed by atoms with E-state index in [1.165, 1.54) is 0 Å². The van der Waals surface area contributed by atoms with Crippen LogP contribution in [0.25, 0.3) is 0 Å². The fourth-order valence-electron chi connectivity index (χ4n) is 4.06. The lowest BCUT2D eigenvalue weighted by molar-refractivity contribution is -0.137. The number of aliphatic carboxylic acids is 1. The minimum absolute atomic E-state index is 0.215. The lowest BCUT2D eigenvalue weighted by Gasteiger charge is -2.36. The van der Waals surface area contributed by atoms with Crippen molar-refractivity contribution in [2.75, 3.05) is 19.8 Å². The predicted molar refractivity (Wildman–Crippen MR) is 131 cm³/mol. The Labute approximate surface area is 197 Å². The van der Waals surface area contributed by atoms with E-state index in [4.69, 9.17) is 14.6 Å². The molecular formula is C29H34O4. The van der Waals surface area contributed by atoms with E-state index in [9.17, 15) is 4.79 Å². The first kappa shape index (κ1) is 24.7. The highest BCUT2D eigenvalue weighted by atomic mass is 16.5. The van der Waals surface area contributed by atoms with Crippen LogP contribution in [0.15, 0.2) is 91.0 Å². The molecule has 0 aliphatic carbocycles. The summed E-state index contributed by atoms with van der Waals surface area (Å²) in [5.74, 6) is -0.743. The van der Waals surface area contributed by atoms with Gasteiger partial charge in [-0.25, -0.2) is 0 Å². The molecule has 3 rings (SSSR count). The molecule has 0 saturated heterocycles. The number of benzene rings is 3. The highest BCUT2D eigenvalue weighted by Crippen LogP contribution is 2.40. The third-order valence-corrected chi connectivity index (χ3v) is 5.72. The third kappa shape index (κ3) is 7.28. The second-order valence-electron chi connectivity index (χ2n) is 8.15. The first-order valence-electron chi connectivity index (χ1n) is 11.8. The zero-order valence-corrected chi connectivity index (χ0v) is 19.2. The molecule has 4 heteroatoms. The molecule has 4 nitrogen and oxygen atoms in total. The Kier molecular flexibility index (Phi) is 10.1. The zero-order chi connectivity index (χ0) is 23.2. The molecule has 0 heterocycles. The van der Waals surface area contributed by atoms with E-state index in [0.717, 1.165) is 42.4 Å². The quantitative estimate of drug-likeness (QED) is 0.216. The topological polar surface area (TPSA) is 55.8 Å². The molecule has 0 saturated carbocycles. The number of hydrogen-bond donors (Lipinski definition) is 1. The van der Waals surface area contributed by atoms with Gasteiger partial charge in [-0.2, -0.15) is 0 Å². The summed E-state index contributed by atoms with van der Waals surface area (Å²) in [4.78, 5) is 10.5. The van der Waals surface area contributed by atoms with Crippen molar-refractivity contribution >= 4 is 5.97 Å². The molecule has 33 heavy (non-hydrogen) atoms. The first-order chi connectivity index (χ1) is 16.2. The van der Waals surface area contributed by atoms with E-state index in [1.54, 1.807) is 0 Å². The van der Waals surface area contributed by atoms with Crippen molar-refractivity contribution in [2.24, 2.45) is 0 Å². The Hall–Kier alpha value is -2.95.